The molecule has 0 aliphatic rings. The lowest BCUT2D eigenvalue weighted by Gasteiger charge is -2.10. The number of carbonyl (C=O) groups is 2. The molecule has 0 aliphatic carbocycles. The Balaban J connectivity index is 1.75. The molecule has 29 heavy (non-hydrogen) atoms. The van der Waals surface area contributed by atoms with Crippen LogP contribution in [-0.4, -0.2) is 39.5 Å². The molecular weight excluding hydrogens is 376 g/mol. The first-order valence-corrected chi connectivity index (χ1v) is 9.07. The van der Waals surface area contributed by atoms with Gasteiger partial charge in [-0.05, 0) is 32.0 Å². The minimum Gasteiger partial charge on any atom is -0.462 e. The Labute approximate surface area is 166 Å². The van der Waals surface area contributed by atoms with Gasteiger partial charge >= 0.3 is 5.97 Å². The highest BCUT2D eigenvalue weighted by molar-refractivity contribution is 5.99. The van der Waals surface area contributed by atoms with E-state index in [1.54, 1.807) is 6.92 Å². The average Bonchev–Trinajstić information content (AvgIpc) is 3.03. The van der Waals surface area contributed by atoms with E-state index in [1.165, 1.54) is 6.07 Å². The maximum Gasteiger partial charge on any atom is 0.338 e. The van der Waals surface area contributed by atoms with Gasteiger partial charge in [0, 0.05) is 30.8 Å². The molecule has 0 unspecified atom stereocenters. The zero-order chi connectivity index (χ0) is 21.0. The van der Waals surface area contributed by atoms with Gasteiger partial charge in [0.15, 0.2) is 0 Å². The number of hydrogen-bond donors (Lipinski definition) is 1. The number of nitrogens with one attached hydrogen (secondary N) is 1. The molecule has 150 valence electrons. The summed E-state index contributed by atoms with van der Waals surface area (Å²) >= 11 is 0. The number of rotatable bonds is 7. The van der Waals surface area contributed by atoms with E-state index in [9.17, 15) is 19.7 Å². The molecule has 0 spiro atoms. The summed E-state index contributed by atoms with van der Waals surface area (Å²) in [5.74, 6) is -0.410. The number of aryl methyl sites for hydroxylation is 1. The Kier molecular flexibility index (Phi) is 5.87. The maximum absolute atomic E-state index is 12.5. The van der Waals surface area contributed by atoms with Crippen LogP contribution in [0.4, 0.5) is 5.69 Å². The fourth-order valence-corrected chi connectivity index (χ4v) is 3.04. The van der Waals surface area contributed by atoms with Crippen LogP contribution in [0.5, 0.6) is 0 Å². The van der Waals surface area contributed by atoms with E-state index in [2.05, 4.69) is 10.3 Å². The number of amides is 1. The number of aromatic nitrogens is 2. The van der Waals surface area contributed by atoms with E-state index in [0.717, 1.165) is 29.0 Å². The first-order chi connectivity index (χ1) is 13.9. The minimum absolute atomic E-state index is 0.0227. The highest BCUT2D eigenvalue weighted by Gasteiger charge is 2.18. The molecule has 3 aromatic rings. The van der Waals surface area contributed by atoms with Crippen molar-refractivity contribution in [3.05, 3.63) is 69.5 Å². The number of esters is 1. The van der Waals surface area contributed by atoms with Gasteiger partial charge in [-0.3, -0.25) is 14.9 Å². The van der Waals surface area contributed by atoms with Crippen molar-refractivity contribution in [2.75, 3.05) is 13.2 Å². The highest BCUT2D eigenvalue weighted by Crippen LogP contribution is 2.19. The van der Waals surface area contributed by atoms with Crippen molar-refractivity contribution in [2.24, 2.45) is 0 Å². The van der Waals surface area contributed by atoms with Crippen LogP contribution in [0.15, 0.2) is 42.5 Å². The highest BCUT2D eigenvalue weighted by atomic mass is 16.6. The smallest absolute Gasteiger partial charge is 0.338 e. The van der Waals surface area contributed by atoms with Crippen molar-refractivity contribution in [3.8, 4) is 0 Å². The lowest BCUT2D eigenvalue weighted by molar-refractivity contribution is -0.384. The van der Waals surface area contributed by atoms with Gasteiger partial charge in [0.05, 0.1) is 28.1 Å². The number of non-ortho nitro benzene ring substituents is 1. The van der Waals surface area contributed by atoms with Crippen LogP contribution in [-0.2, 0) is 11.3 Å². The summed E-state index contributed by atoms with van der Waals surface area (Å²) in [7, 11) is 0. The van der Waals surface area contributed by atoms with Crippen molar-refractivity contribution >= 4 is 28.6 Å². The summed E-state index contributed by atoms with van der Waals surface area (Å²) in [6.07, 6.45) is 0. The number of fused-ring (bicyclic) bond motifs is 1. The average molecular weight is 396 g/mol. The van der Waals surface area contributed by atoms with Gasteiger partial charge in [-0.2, -0.15) is 0 Å². The van der Waals surface area contributed by atoms with E-state index >= 15 is 0 Å². The molecule has 0 fully saturated rings. The Morgan fingerprint density at radius 1 is 1.21 bits per heavy atom. The summed E-state index contributed by atoms with van der Waals surface area (Å²) in [6.45, 7) is 4.41. The number of para-hydroxylation sites is 2. The summed E-state index contributed by atoms with van der Waals surface area (Å²) < 4.78 is 6.86. The Hall–Kier alpha value is -3.75. The molecule has 0 saturated carbocycles. The van der Waals surface area contributed by atoms with Crippen molar-refractivity contribution in [3.63, 3.8) is 0 Å². The van der Waals surface area contributed by atoms with Crippen LogP contribution < -0.4 is 5.32 Å². The van der Waals surface area contributed by atoms with Crippen molar-refractivity contribution in [2.45, 2.75) is 20.4 Å². The molecule has 0 bridgehead atoms. The fraction of sp³-hybridized carbons (Fsp3) is 0.250. The van der Waals surface area contributed by atoms with Gasteiger partial charge in [0.25, 0.3) is 11.6 Å². The summed E-state index contributed by atoms with van der Waals surface area (Å²) in [6, 6.07) is 11.2. The molecule has 0 atom stereocenters. The number of nitrogens with zero attached hydrogens (tertiary/aromatic N) is 3. The Bertz CT molecular complexity index is 1090. The first kappa shape index (κ1) is 20.0. The molecule has 2 aromatic carbocycles. The van der Waals surface area contributed by atoms with E-state index in [1.807, 2.05) is 35.8 Å². The predicted molar refractivity (Wildman–Crippen MR) is 106 cm³/mol. The summed E-state index contributed by atoms with van der Waals surface area (Å²) in [5, 5.41) is 13.9. The topological polar surface area (TPSA) is 116 Å². The molecule has 1 heterocycles. The standard InChI is InChI=1S/C20H20N4O5/c1-3-29-20(26)15-10-14(11-16(12-15)24(27)28)19(25)21-8-9-23-13(2)22-17-6-4-5-7-18(17)23/h4-7,10-12H,3,8-9H2,1-2H3,(H,21,25). The third-order valence-electron chi connectivity index (χ3n) is 4.37. The van der Waals surface area contributed by atoms with Crippen LogP contribution >= 0.6 is 0 Å². The van der Waals surface area contributed by atoms with Gasteiger partial charge in [-0.1, -0.05) is 12.1 Å². The van der Waals surface area contributed by atoms with E-state index < -0.39 is 16.8 Å². The van der Waals surface area contributed by atoms with Crippen molar-refractivity contribution in [1.82, 2.24) is 14.9 Å². The number of imidazole rings is 1. The van der Waals surface area contributed by atoms with Gasteiger partial charge in [0.2, 0.25) is 0 Å². The number of hydrogen-bond acceptors (Lipinski definition) is 6. The second-order valence-corrected chi connectivity index (χ2v) is 6.30. The van der Waals surface area contributed by atoms with Crippen LogP contribution in [0.25, 0.3) is 11.0 Å². The van der Waals surface area contributed by atoms with Crippen molar-refractivity contribution in [1.29, 1.82) is 0 Å². The second kappa shape index (κ2) is 8.51. The number of carbonyl (C=O) groups excluding carboxylic acids is 2. The summed E-state index contributed by atoms with van der Waals surface area (Å²) in [5.41, 5.74) is 1.46. The van der Waals surface area contributed by atoms with Gasteiger partial charge in [0.1, 0.15) is 5.82 Å². The molecule has 0 radical (unpaired) electrons. The monoisotopic (exact) mass is 396 g/mol. The molecule has 3 rings (SSSR count). The lowest BCUT2D eigenvalue weighted by atomic mass is 10.1. The van der Waals surface area contributed by atoms with Gasteiger partial charge < -0.3 is 14.6 Å². The van der Waals surface area contributed by atoms with Crippen LogP contribution in [0.3, 0.4) is 0 Å². The summed E-state index contributed by atoms with van der Waals surface area (Å²) in [4.78, 5) is 39.4. The van der Waals surface area contributed by atoms with E-state index in [0.29, 0.717) is 6.54 Å². The third-order valence-corrected chi connectivity index (χ3v) is 4.37. The SMILES string of the molecule is CCOC(=O)c1cc(C(=O)NCCn2c(C)nc3ccccc32)cc([N+](=O)[O-])c1. The minimum atomic E-state index is -0.717. The normalized spacial score (nSPS) is 10.7. The van der Waals surface area contributed by atoms with Crippen LogP contribution in [0.1, 0.15) is 33.5 Å². The van der Waals surface area contributed by atoms with Crippen LogP contribution in [0, 0.1) is 17.0 Å². The van der Waals surface area contributed by atoms with E-state index in [4.69, 9.17) is 4.74 Å². The quantitative estimate of drug-likeness (QED) is 0.373. The Morgan fingerprint density at radius 3 is 2.66 bits per heavy atom. The number of benzene rings is 2. The fourth-order valence-electron chi connectivity index (χ4n) is 3.04. The zero-order valence-corrected chi connectivity index (χ0v) is 16.0. The predicted octanol–water partition coefficient (Wildman–Crippen LogP) is 2.86. The molecule has 9 heteroatoms. The van der Waals surface area contributed by atoms with Crippen LogP contribution in [0.2, 0.25) is 0 Å². The molecule has 0 aliphatic heterocycles. The molecule has 0 saturated heterocycles. The number of nitro benzene ring substituents is 1. The lowest BCUT2D eigenvalue weighted by Crippen LogP contribution is -2.27. The number of ether oxygens (including phenoxy) is 1. The van der Waals surface area contributed by atoms with Gasteiger partial charge in [-0.15, -0.1) is 0 Å². The molecule has 1 aromatic heterocycles. The Morgan fingerprint density at radius 2 is 1.93 bits per heavy atom. The molecular formula is C20H20N4O5. The number of nitro groups is 1. The largest absolute Gasteiger partial charge is 0.462 e. The zero-order valence-electron chi connectivity index (χ0n) is 16.0. The third kappa shape index (κ3) is 4.40. The molecule has 1 N–H and O–H groups in total. The van der Waals surface area contributed by atoms with Crippen molar-refractivity contribution < 1.29 is 19.2 Å². The van der Waals surface area contributed by atoms with Gasteiger partial charge in [-0.25, -0.2) is 9.78 Å². The first-order valence-electron chi connectivity index (χ1n) is 9.07. The molecule has 9 nitrogen and oxygen atoms in total. The van der Waals surface area contributed by atoms with E-state index in [-0.39, 0.29) is 30.0 Å². The molecule has 1 amide bonds. The second-order valence-electron chi connectivity index (χ2n) is 6.30. The maximum atomic E-state index is 12.5.